The molecule has 0 saturated carbocycles. The predicted molar refractivity (Wildman–Crippen MR) is 122 cm³/mol. The molecule has 9 nitrogen and oxygen atoms in total. The highest BCUT2D eigenvalue weighted by molar-refractivity contribution is 6.35. The van der Waals surface area contributed by atoms with Crippen molar-refractivity contribution >= 4 is 58.2 Å². The summed E-state index contributed by atoms with van der Waals surface area (Å²) in [4.78, 5) is 44.9. The second-order valence-electron chi connectivity index (χ2n) is 6.95. The van der Waals surface area contributed by atoms with Crippen molar-refractivity contribution in [2.45, 2.75) is 12.3 Å². The number of H-pyrrole nitrogens is 1. The van der Waals surface area contributed by atoms with Gasteiger partial charge >= 0.3 is 0 Å². The van der Waals surface area contributed by atoms with Gasteiger partial charge in [-0.3, -0.25) is 19.4 Å². The fourth-order valence-corrected chi connectivity index (χ4v) is 3.91. The van der Waals surface area contributed by atoms with E-state index in [1.807, 2.05) is 0 Å². The van der Waals surface area contributed by atoms with Gasteiger partial charge < -0.3 is 20.7 Å². The van der Waals surface area contributed by atoms with E-state index in [4.69, 9.17) is 27.9 Å². The molecule has 0 spiro atoms. The Labute approximate surface area is 192 Å². The first-order valence-electron chi connectivity index (χ1n) is 9.45. The van der Waals surface area contributed by atoms with Crippen molar-refractivity contribution in [3.8, 4) is 5.75 Å². The van der Waals surface area contributed by atoms with Crippen molar-refractivity contribution in [1.82, 2.24) is 9.97 Å². The zero-order valence-electron chi connectivity index (χ0n) is 16.7. The maximum atomic E-state index is 12.9. The minimum Gasteiger partial charge on any atom is -0.495 e. The summed E-state index contributed by atoms with van der Waals surface area (Å²) in [5.41, 5.74) is 0.406. The monoisotopic (exact) mass is 473 g/mol. The molecule has 3 aromatic rings. The van der Waals surface area contributed by atoms with Gasteiger partial charge in [0.1, 0.15) is 11.6 Å². The Hall–Kier alpha value is -3.56. The molecule has 0 aliphatic carbocycles. The summed E-state index contributed by atoms with van der Waals surface area (Å²) in [5.74, 6) is -1.42. The second-order valence-corrected chi connectivity index (χ2v) is 7.83. The van der Waals surface area contributed by atoms with Crippen LogP contribution in [0.3, 0.4) is 0 Å². The quantitative estimate of drug-likeness (QED) is 0.445. The SMILES string of the molecule is COc1ccccc1Nc1nc2c(c(=O)[nH]1)[C@H](C(=O)Nc1cc(Cl)cc(Cl)c1)CC(=O)N2. The number of halogens is 2. The number of hydrogen-bond donors (Lipinski definition) is 4. The second kappa shape index (κ2) is 8.89. The highest BCUT2D eigenvalue weighted by Gasteiger charge is 2.35. The number of nitrogens with zero attached hydrogens (tertiary/aromatic N) is 1. The summed E-state index contributed by atoms with van der Waals surface area (Å²) in [6.07, 6.45) is -0.211. The summed E-state index contributed by atoms with van der Waals surface area (Å²) in [6.45, 7) is 0. The van der Waals surface area contributed by atoms with E-state index in [0.717, 1.165) is 0 Å². The molecule has 0 saturated heterocycles. The summed E-state index contributed by atoms with van der Waals surface area (Å²) < 4.78 is 5.28. The van der Waals surface area contributed by atoms with Crippen molar-refractivity contribution in [3.05, 3.63) is 68.4 Å². The summed E-state index contributed by atoms with van der Waals surface area (Å²) in [7, 11) is 1.51. The van der Waals surface area contributed by atoms with E-state index in [9.17, 15) is 14.4 Å². The summed E-state index contributed by atoms with van der Waals surface area (Å²) in [6, 6.07) is 11.6. The van der Waals surface area contributed by atoms with Gasteiger partial charge in [-0.25, -0.2) is 0 Å². The first-order valence-corrected chi connectivity index (χ1v) is 10.2. The Bertz CT molecular complexity index is 1260. The van der Waals surface area contributed by atoms with Crippen molar-refractivity contribution < 1.29 is 14.3 Å². The van der Waals surface area contributed by atoms with E-state index in [2.05, 4.69) is 25.9 Å². The van der Waals surface area contributed by atoms with Gasteiger partial charge in [0.2, 0.25) is 17.8 Å². The average Bonchev–Trinajstić information content (AvgIpc) is 2.72. The molecule has 2 heterocycles. The highest BCUT2D eigenvalue weighted by Crippen LogP contribution is 2.32. The number of rotatable bonds is 5. The lowest BCUT2D eigenvalue weighted by atomic mass is 9.92. The number of aromatic nitrogens is 2. The number of aromatic amines is 1. The first kappa shape index (κ1) is 21.7. The zero-order chi connectivity index (χ0) is 22.8. The van der Waals surface area contributed by atoms with Gasteiger partial charge in [0.05, 0.1) is 24.3 Å². The first-order chi connectivity index (χ1) is 15.3. The molecule has 1 aliphatic heterocycles. The molecule has 0 unspecified atom stereocenters. The Kier molecular flexibility index (Phi) is 6.02. The molecule has 0 bridgehead atoms. The number of amides is 2. The van der Waals surface area contributed by atoms with Gasteiger partial charge in [-0.2, -0.15) is 4.98 Å². The Morgan fingerprint density at radius 2 is 1.88 bits per heavy atom. The van der Waals surface area contributed by atoms with E-state index < -0.39 is 23.3 Å². The number of nitrogens with one attached hydrogen (secondary N) is 4. The van der Waals surface area contributed by atoms with Crippen LogP contribution in [0.5, 0.6) is 5.75 Å². The number of hydrogen-bond acceptors (Lipinski definition) is 6. The normalized spacial score (nSPS) is 14.8. The van der Waals surface area contributed by atoms with Crippen LogP contribution in [-0.2, 0) is 9.59 Å². The third-order valence-electron chi connectivity index (χ3n) is 4.76. The lowest BCUT2D eigenvalue weighted by Gasteiger charge is -2.24. The van der Waals surface area contributed by atoms with Gasteiger partial charge in [0, 0.05) is 22.2 Å². The van der Waals surface area contributed by atoms with E-state index in [-0.39, 0.29) is 23.8 Å². The van der Waals surface area contributed by atoms with Crippen molar-refractivity contribution in [1.29, 1.82) is 0 Å². The maximum Gasteiger partial charge on any atom is 0.258 e. The zero-order valence-corrected chi connectivity index (χ0v) is 18.2. The van der Waals surface area contributed by atoms with Gasteiger partial charge in [-0.05, 0) is 30.3 Å². The Morgan fingerprint density at radius 1 is 1.16 bits per heavy atom. The fourth-order valence-electron chi connectivity index (χ4n) is 3.39. The number of benzene rings is 2. The summed E-state index contributed by atoms with van der Waals surface area (Å²) >= 11 is 11.9. The lowest BCUT2D eigenvalue weighted by molar-refractivity contribution is -0.123. The molecule has 2 aromatic carbocycles. The van der Waals surface area contributed by atoms with Crippen LogP contribution in [0.1, 0.15) is 17.9 Å². The largest absolute Gasteiger partial charge is 0.495 e. The number of fused-ring (bicyclic) bond motifs is 1. The Morgan fingerprint density at radius 3 is 2.59 bits per heavy atom. The number of anilines is 4. The number of para-hydroxylation sites is 2. The van der Waals surface area contributed by atoms with Crippen molar-refractivity contribution in [3.63, 3.8) is 0 Å². The minimum absolute atomic E-state index is 0.00618. The number of carbonyl (C=O) groups is 2. The van der Waals surface area contributed by atoms with Crippen LogP contribution in [0.25, 0.3) is 0 Å². The topological polar surface area (TPSA) is 125 Å². The maximum absolute atomic E-state index is 12.9. The molecule has 0 radical (unpaired) electrons. The van der Waals surface area contributed by atoms with Crippen molar-refractivity contribution in [2.75, 3.05) is 23.1 Å². The predicted octanol–water partition coefficient (Wildman–Crippen LogP) is 3.89. The van der Waals surface area contributed by atoms with Crippen LogP contribution >= 0.6 is 23.2 Å². The molecule has 0 fully saturated rings. The van der Waals surface area contributed by atoms with Gasteiger partial charge in [-0.15, -0.1) is 0 Å². The standard InChI is InChI=1S/C21H17Cl2N5O4/c1-32-15-5-3-2-4-14(15)25-21-27-18-17(20(31)28-21)13(9-16(29)26-18)19(30)24-12-7-10(22)6-11(23)8-12/h2-8,13H,9H2,1H3,(H,24,30)(H3,25,26,27,28,29,31)/t13-/m1/s1. The fraction of sp³-hybridized carbons (Fsp3) is 0.143. The van der Waals surface area contributed by atoms with Crippen LogP contribution in [0.2, 0.25) is 10.0 Å². The minimum atomic E-state index is -1.05. The van der Waals surface area contributed by atoms with E-state index >= 15 is 0 Å². The molecular formula is C21H17Cl2N5O4. The molecule has 1 aromatic heterocycles. The number of carbonyl (C=O) groups excluding carboxylic acids is 2. The van der Waals surface area contributed by atoms with Crippen LogP contribution in [0.4, 0.5) is 23.1 Å². The molecule has 2 amide bonds. The third kappa shape index (κ3) is 4.53. The number of ether oxygens (including phenoxy) is 1. The van der Waals surface area contributed by atoms with E-state index in [1.54, 1.807) is 24.3 Å². The van der Waals surface area contributed by atoms with Gasteiger partial charge in [0.25, 0.3) is 5.56 Å². The van der Waals surface area contributed by atoms with E-state index in [0.29, 0.717) is 27.2 Å². The summed E-state index contributed by atoms with van der Waals surface area (Å²) in [5, 5.41) is 8.83. The molecule has 1 aliphatic rings. The Balaban J connectivity index is 1.65. The molecule has 11 heteroatoms. The molecule has 32 heavy (non-hydrogen) atoms. The van der Waals surface area contributed by atoms with Gasteiger partial charge in [0.15, 0.2) is 0 Å². The molecule has 4 rings (SSSR count). The average molecular weight is 474 g/mol. The van der Waals surface area contributed by atoms with Crippen molar-refractivity contribution in [2.24, 2.45) is 0 Å². The molecular weight excluding hydrogens is 457 g/mol. The van der Waals surface area contributed by atoms with Crippen LogP contribution in [-0.4, -0.2) is 28.9 Å². The van der Waals surface area contributed by atoms with Gasteiger partial charge in [-0.1, -0.05) is 35.3 Å². The third-order valence-corrected chi connectivity index (χ3v) is 5.19. The lowest BCUT2D eigenvalue weighted by Crippen LogP contribution is -2.36. The highest BCUT2D eigenvalue weighted by atomic mass is 35.5. The molecule has 4 N–H and O–H groups in total. The van der Waals surface area contributed by atoms with Crippen LogP contribution in [0.15, 0.2) is 47.3 Å². The van der Waals surface area contributed by atoms with Crippen LogP contribution < -0.4 is 26.2 Å². The molecule has 164 valence electrons. The smallest absolute Gasteiger partial charge is 0.258 e. The van der Waals surface area contributed by atoms with E-state index in [1.165, 1.54) is 25.3 Å². The number of methoxy groups -OCH3 is 1. The van der Waals surface area contributed by atoms with Crippen LogP contribution in [0, 0.1) is 0 Å². The molecule has 1 atom stereocenters.